The molecular weight excluding hydrogens is 242 g/mol. The van der Waals surface area contributed by atoms with Gasteiger partial charge in [-0.2, -0.15) is 0 Å². The molecule has 1 aliphatic heterocycles. The van der Waals surface area contributed by atoms with Crippen LogP contribution in [0.2, 0.25) is 0 Å². The number of carboxylic acids is 1. The van der Waals surface area contributed by atoms with Crippen molar-refractivity contribution in [2.45, 2.75) is 26.2 Å². The van der Waals surface area contributed by atoms with E-state index in [0.717, 1.165) is 17.5 Å². The lowest BCUT2D eigenvalue weighted by molar-refractivity contribution is -0.145. The van der Waals surface area contributed by atoms with Gasteiger partial charge in [-0.1, -0.05) is 24.3 Å². The number of hydrogen-bond acceptors (Lipinski definition) is 2. The molecule has 0 aliphatic carbocycles. The number of nitrogens with zero attached hydrogens (tertiary/aromatic N) is 1. The average Bonchev–Trinajstić information content (AvgIpc) is 2.41. The highest BCUT2D eigenvalue weighted by Crippen LogP contribution is 2.18. The third-order valence-corrected chi connectivity index (χ3v) is 3.73. The molecule has 2 rings (SSSR count). The summed E-state index contributed by atoms with van der Waals surface area (Å²) in [6, 6.07) is 7.81. The molecule has 1 fully saturated rings. The van der Waals surface area contributed by atoms with E-state index >= 15 is 0 Å². The molecule has 1 saturated heterocycles. The molecule has 1 aromatic rings. The topological polar surface area (TPSA) is 57.6 Å². The van der Waals surface area contributed by atoms with E-state index in [1.807, 2.05) is 31.2 Å². The fourth-order valence-electron chi connectivity index (χ4n) is 2.49. The first-order chi connectivity index (χ1) is 9.08. The molecule has 0 radical (unpaired) electrons. The maximum atomic E-state index is 12.2. The number of carbonyl (C=O) groups excluding carboxylic acids is 1. The largest absolute Gasteiger partial charge is 0.481 e. The number of hydrogen-bond donors (Lipinski definition) is 1. The van der Waals surface area contributed by atoms with Crippen LogP contribution in [0.4, 0.5) is 0 Å². The zero-order chi connectivity index (χ0) is 13.8. The Labute approximate surface area is 113 Å². The summed E-state index contributed by atoms with van der Waals surface area (Å²) in [4.78, 5) is 24.9. The van der Waals surface area contributed by atoms with Crippen LogP contribution in [-0.2, 0) is 16.0 Å². The van der Waals surface area contributed by atoms with Crippen molar-refractivity contribution in [1.29, 1.82) is 0 Å². The summed E-state index contributed by atoms with van der Waals surface area (Å²) in [5.74, 6) is -1.18. The molecule has 0 bridgehead atoms. The summed E-state index contributed by atoms with van der Waals surface area (Å²) in [5.41, 5.74) is 2.12. The number of amides is 1. The monoisotopic (exact) mass is 261 g/mol. The van der Waals surface area contributed by atoms with Gasteiger partial charge in [0, 0.05) is 13.1 Å². The van der Waals surface area contributed by atoms with Crippen molar-refractivity contribution < 1.29 is 14.7 Å². The highest BCUT2D eigenvalue weighted by Gasteiger charge is 2.28. The fraction of sp³-hybridized carbons (Fsp3) is 0.467. The number of carboxylic acid groups (broad SMARTS) is 1. The van der Waals surface area contributed by atoms with E-state index in [9.17, 15) is 9.59 Å². The van der Waals surface area contributed by atoms with Crippen LogP contribution in [0.1, 0.15) is 24.0 Å². The van der Waals surface area contributed by atoms with Gasteiger partial charge in [0.05, 0.1) is 12.3 Å². The summed E-state index contributed by atoms with van der Waals surface area (Å²) in [6.45, 7) is 3.01. The summed E-state index contributed by atoms with van der Waals surface area (Å²) in [7, 11) is 0. The van der Waals surface area contributed by atoms with Crippen molar-refractivity contribution in [3.8, 4) is 0 Å². The average molecular weight is 261 g/mol. The minimum absolute atomic E-state index is 0.0280. The first-order valence-corrected chi connectivity index (χ1v) is 6.63. The van der Waals surface area contributed by atoms with Gasteiger partial charge in [-0.25, -0.2) is 0 Å². The second kappa shape index (κ2) is 5.87. The Morgan fingerprint density at radius 2 is 2.11 bits per heavy atom. The molecule has 0 aromatic heterocycles. The molecule has 19 heavy (non-hydrogen) atoms. The van der Waals surface area contributed by atoms with Gasteiger partial charge < -0.3 is 10.0 Å². The van der Waals surface area contributed by atoms with Crippen molar-refractivity contribution >= 4 is 11.9 Å². The number of aryl methyl sites for hydroxylation is 1. The fourth-order valence-corrected chi connectivity index (χ4v) is 2.49. The van der Waals surface area contributed by atoms with Gasteiger partial charge in [-0.3, -0.25) is 9.59 Å². The molecule has 4 nitrogen and oxygen atoms in total. The lowest BCUT2D eigenvalue weighted by atomic mass is 9.97. The molecule has 102 valence electrons. The molecule has 1 atom stereocenters. The summed E-state index contributed by atoms with van der Waals surface area (Å²) in [6.07, 6.45) is 1.80. The Bertz CT molecular complexity index is 484. The van der Waals surface area contributed by atoms with Crippen LogP contribution in [0.25, 0.3) is 0 Å². The van der Waals surface area contributed by atoms with Gasteiger partial charge in [0.25, 0.3) is 0 Å². The molecule has 0 spiro atoms. The Morgan fingerprint density at radius 1 is 1.37 bits per heavy atom. The van der Waals surface area contributed by atoms with Crippen molar-refractivity contribution in [2.24, 2.45) is 5.92 Å². The van der Waals surface area contributed by atoms with Crippen molar-refractivity contribution in [3.63, 3.8) is 0 Å². The highest BCUT2D eigenvalue weighted by molar-refractivity contribution is 5.80. The Kier molecular flexibility index (Phi) is 4.20. The van der Waals surface area contributed by atoms with E-state index in [0.29, 0.717) is 25.9 Å². The van der Waals surface area contributed by atoms with Gasteiger partial charge in [0.2, 0.25) is 5.91 Å². The maximum absolute atomic E-state index is 12.2. The predicted molar refractivity (Wildman–Crippen MR) is 71.8 cm³/mol. The van der Waals surface area contributed by atoms with E-state index < -0.39 is 11.9 Å². The molecule has 1 unspecified atom stereocenters. The van der Waals surface area contributed by atoms with Crippen LogP contribution < -0.4 is 0 Å². The van der Waals surface area contributed by atoms with E-state index in [2.05, 4.69) is 0 Å². The lowest BCUT2D eigenvalue weighted by Crippen LogP contribution is -2.43. The van der Waals surface area contributed by atoms with E-state index in [1.54, 1.807) is 4.90 Å². The van der Waals surface area contributed by atoms with Gasteiger partial charge in [0.15, 0.2) is 0 Å². The van der Waals surface area contributed by atoms with E-state index in [-0.39, 0.29) is 5.91 Å². The first-order valence-electron chi connectivity index (χ1n) is 6.63. The van der Waals surface area contributed by atoms with Gasteiger partial charge in [-0.15, -0.1) is 0 Å². The zero-order valence-electron chi connectivity index (χ0n) is 11.1. The normalized spacial score (nSPS) is 19.2. The molecule has 1 N–H and O–H groups in total. The molecule has 4 heteroatoms. The second-order valence-corrected chi connectivity index (χ2v) is 5.12. The molecule has 1 aromatic carbocycles. The van der Waals surface area contributed by atoms with Crippen molar-refractivity contribution in [2.75, 3.05) is 13.1 Å². The van der Waals surface area contributed by atoms with Crippen molar-refractivity contribution in [3.05, 3.63) is 35.4 Å². The van der Waals surface area contributed by atoms with Crippen LogP contribution in [0, 0.1) is 12.8 Å². The number of benzene rings is 1. The Hall–Kier alpha value is -1.84. The van der Waals surface area contributed by atoms with Gasteiger partial charge in [-0.05, 0) is 30.9 Å². The minimum atomic E-state index is -0.798. The standard InChI is InChI=1S/C15H19NO3/c1-11-5-2-3-6-12(11)9-14(17)16-8-4-7-13(10-16)15(18)19/h2-3,5-6,13H,4,7-10H2,1H3,(H,18,19). The Morgan fingerprint density at radius 3 is 2.79 bits per heavy atom. The van der Waals surface area contributed by atoms with Crippen LogP contribution in [0.3, 0.4) is 0 Å². The smallest absolute Gasteiger partial charge is 0.308 e. The number of carbonyl (C=O) groups is 2. The summed E-state index contributed by atoms with van der Waals surface area (Å²) in [5, 5.41) is 9.03. The molecule has 1 heterocycles. The third-order valence-electron chi connectivity index (χ3n) is 3.73. The zero-order valence-corrected chi connectivity index (χ0v) is 11.1. The number of rotatable bonds is 3. The summed E-state index contributed by atoms with van der Waals surface area (Å²) >= 11 is 0. The van der Waals surface area contributed by atoms with Crippen LogP contribution in [-0.4, -0.2) is 35.0 Å². The molecular formula is C15H19NO3. The summed E-state index contributed by atoms with van der Waals surface area (Å²) < 4.78 is 0. The van der Waals surface area contributed by atoms with E-state index in [1.165, 1.54) is 0 Å². The maximum Gasteiger partial charge on any atom is 0.308 e. The SMILES string of the molecule is Cc1ccccc1CC(=O)N1CCCC(C(=O)O)C1. The van der Waals surface area contributed by atoms with Crippen LogP contribution in [0.15, 0.2) is 24.3 Å². The number of piperidine rings is 1. The van der Waals surface area contributed by atoms with Gasteiger partial charge >= 0.3 is 5.97 Å². The van der Waals surface area contributed by atoms with E-state index in [4.69, 9.17) is 5.11 Å². The molecule has 0 saturated carbocycles. The number of likely N-dealkylation sites (tertiary alicyclic amines) is 1. The first kappa shape index (κ1) is 13.6. The second-order valence-electron chi connectivity index (χ2n) is 5.12. The quantitative estimate of drug-likeness (QED) is 0.903. The third kappa shape index (κ3) is 3.34. The van der Waals surface area contributed by atoms with Crippen LogP contribution >= 0.6 is 0 Å². The predicted octanol–water partition coefficient (Wildman–Crippen LogP) is 1.86. The minimum Gasteiger partial charge on any atom is -0.481 e. The molecule has 1 aliphatic rings. The van der Waals surface area contributed by atoms with Gasteiger partial charge in [0.1, 0.15) is 0 Å². The number of aliphatic carboxylic acids is 1. The van der Waals surface area contributed by atoms with Crippen LogP contribution in [0.5, 0.6) is 0 Å². The Balaban J connectivity index is 2.00. The molecule has 1 amide bonds. The lowest BCUT2D eigenvalue weighted by Gasteiger charge is -2.31. The highest BCUT2D eigenvalue weighted by atomic mass is 16.4. The van der Waals surface area contributed by atoms with Crippen molar-refractivity contribution in [1.82, 2.24) is 4.90 Å².